The summed E-state index contributed by atoms with van der Waals surface area (Å²) in [6.07, 6.45) is -4.00. The average molecular weight is 577 g/mol. The summed E-state index contributed by atoms with van der Waals surface area (Å²) in [6, 6.07) is 11.1. The Hall–Kier alpha value is -5.20. The van der Waals surface area contributed by atoms with Crippen LogP contribution in [0.4, 0.5) is 0 Å². The van der Waals surface area contributed by atoms with Crippen LogP contribution in [-0.2, 0) is 12.2 Å². The third kappa shape index (κ3) is 3.49. The first-order valence-corrected chi connectivity index (χ1v) is 12.9. The lowest BCUT2D eigenvalue weighted by molar-refractivity contribution is -0.219. The maximum atomic E-state index is 11.9. The van der Waals surface area contributed by atoms with Crippen LogP contribution in [-0.4, -0.2) is 58.2 Å². The Bertz CT molecular complexity index is 1790. The normalized spacial score (nSPS) is 25.2. The molecule has 3 aliphatic rings. The molecule has 3 heterocycles. The molecule has 42 heavy (non-hydrogen) atoms. The highest BCUT2D eigenvalue weighted by molar-refractivity contribution is 5.68. The predicted octanol–water partition coefficient (Wildman–Crippen LogP) is 2.79. The van der Waals surface area contributed by atoms with E-state index in [1.54, 1.807) is 0 Å². The second-order valence-electron chi connectivity index (χ2n) is 10.5. The minimum Gasteiger partial charge on any atom is -0.508 e. The van der Waals surface area contributed by atoms with Crippen molar-refractivity contribution in [2.75, 3.05) is 0 Å². The van der Waals surface area contributed by atoms with Gasteiger partial charge in [0, 0.05) is 46.9 Å². The van der Waals surface area contributed by atoms with Crippen LogP contribution >= 0.6 is 0 Å². The van der Waals surface area contributed by atoms with Crippen LogP contribution < -0.4 is 14.2 Å². The third-order valence-corrected chi connectivity index (χ3v) is 8.03. The van der Waals surface area contributed by atoms with Crippen LogP contribution in [0, 0.1) is 0 Å². The molecule has 0 saturated heterocycles. The summed E-state index contributed by atoms with van der Waals surface area (Å²) in [6.45, 7) is 0. The Morgan fingerprint density at radius 3 is 2.00 bits per heavy atom. The standard InChI is InChI=1S/C30H24O12/c31-13-7-20(37)24-22(8-13)41-30(12-2-4-16(33)19(36)6-12)29(39)26(24)25-23(42-30)10-17(34)14-9-21(38)27(40-28(14)25)11-1-3-15(32)18(35)5-11/h1-8,10,21,26-27,29,31-39H,9H2/t21-,26?,27?,29-,30+/m1/s1. The van der Waals surface area contributed by atoms with Crippen molar-refractivity contribution in [2.45, 2.75) is 36.4 Å². The highest BCUT2D eigenvalue weighted by Crippen LogP contribution is 2.62. The smallest absolute Gasteiger partial charge is 0.305 e. The molecule has 5 atom stereocenters. The van der Waals surface area contributed by atoms with Crippen molar-refractivity contribution in [3.05, 3.63) is 82.4 Å². The maximum absolute atomic E-state index is 11.9. The van der Waals surface area contributed by atoms with Crippen molar-refractivity contribution < 1.29 is 60.2 Å². The fraction of sp³-hybridized carbons (Fsp3) is 0.200. The molecule has 4 aromatic carbocycles. The summed E-state index contributed by atoms with van der Waals surface area (Å²) >= 11 is 0. The SMILES string of the molecule is Oc1cc(O)c2c(c1)O[C@@]1(c3ccc(O)c(O)c3)Oc3cc(O)c4c(c3C2[C@H]1O)OC(c1ccc(O)c(O)c1)[C@H](O)C4. The van der Waals surface area contributed by atoms with E-state index in [1.165, 1.54) is 42.5 Å². The molecular weight excluding hydrogens is 552 g/mol. The molecule has 216 valence electrons. The molecule has 0 fully saturated rings. The molecule has 0 spiro atoms. The Balaban J connectivity index is 1.47. The number of hydrogen-bond donors (Lipinski definition) is 9. The number of aromatic hydroxyl groups is 7. The molecule has 7 rings (SSSR count). The molecule has 12 nitrogen and oxygen atoms in total. The highest BCUT2D eigenvalue weighted by atomic mass is 16.7. The molecule has 0 amide bonds. The number of ether oxygens (including phenoxy) is 3. The summed E-state index contributed by atoms with van der Waals surface area (Å²) in [4.78, 5) is 0. The molecule has 12 heteroatoms. The summed E-state index contributed by atoms with van der Waals surface area (Å²) in [5.74, 6) is -6.11. The van der Waals surface area contributed by atoms with E-state index in [4.69, 9.17) is 14.2 Å². The molecule has 0 radical (unpaired) electrons. The predicted molar refractivity (Wildman–Crippen MR) is 141 cm³/mol. The van der Waals surface area contributed by atoms with E-state index in [1.807, 2.05) is 0 Å². The van der Waals surface area contributed by atoms with Gasteiger partial charge >= 0.3 is 5.79 Å². The average Bonchev–Trinajstić information content (AvgIpc) is 2.92. The van der Waals surface area contributed by atoms with Gasteiger partial charge in [-0.15, -0.1) is 0 Å². The van der Waals surface area contributed by atoms with Gasteiger partial charge in [-0.2, -0.15) is 0 Å². The van der Waals surface area contributed by atoms with Gasteiger partial charge in [-0.1, -0.05) is 6.07 Å². The Morgan fingerprint density at radius 1 is 0.643 bits per heavy atom. The molecule has 2 bridgehead atoms. The maximum Gasteiger partial charge on any atom is 0.305 e. The molecular formula is C30H24O12. The monoisotopic (exact) mass is 576 g/mol. The van der Waals surface area contributed by atoms with E-state index < -0.39 is 53.0 Å². The van der Waals surface area contributed by atoms with Gasteiger partial charge in [-0.25, -0.2) is 0 Å². The van der Waals surface area contributed by atoms with Gasteiger partial charge in [0.1, 0.15) is 46.7 Å². The topological polar surface area (TPSA) is 210 Å². The van der Waals surface area contributed by atoms with E-state index in [0.717, 1.165) is 12.1 Å². The summed E-state index contributed by atoms with van der Waals surface area (Å²) in [5.41, 5.74) is 0.842. The minimum absolute atomic E-state index is 0.0177. The Morgan fingerprint density at radius 2 is 1.31 bits per heavy atom. The zero-order valence-corrected chi connectivity index (χ0v) is 21.5. The first-order chi connectivity index (χ1) is 20.0. The number of hydrogen-bond acceptors (Lipinski definition) is 12. The van der Waals surface area contributed by atoms with Crippen LogP contribution in [0.3, 0.4) is 0 Å². The first-order valence-electron chi connectivity index (χ1n) is 12.9. The number of phenols is 7. The van der Waals surface area contributed by atoms with Crippen molar-refractivity contribution in [2.24, 2.45) is 0 Å². The summed E-state index contributed by atoms with van der Waals surface area (Å²) in [5, 5.41) is 95.1. The van der Waals surface area contributed by atoms with Gasteiger partial charge in [0.2, 0.25) is 0 Å². The van der Waals surface area contributed by atoms with Crippen LogP contribution in [0.2, 0.25) is 0 Å². The van der Waals surface area contributed by atoms with Gasteiger partial charge in [-0.05, 0) is 35.9 Å². The molecule has 2 unspecified atom stereocenters. The van der Waals surface area contributed by atoms with E-state index in [-0.39, 0.29) is 63.2 Å². The lowest BCUT2D eigenvalue weighted by Crippen LogP contribution is -2.57. The van der Waals surface area contributed by atoms with Gasteiger partial charge in [0.05, 0.1) is 12.0 Å². The number of fused-ring (bicyclic) bond motifs is 8. The van der Waals surface area contributed by atoms with Crippen LogP contribution in [0.25, 0.3) is 0 Å². The summed E-state index contributed by atoms with van der Waals surface area (Å²) < 4.78 is 18.6. The molecule has 4 aromatic rings. The fourth-order valence-electron chi connectivity index (χ4n) is 6.09. The van der Waals surface area contributed by atoms with Gasteiger partial charge in [-0.3, -0.25) is 0 Å². The number of aliphatic hydroxyl groups is 2. The van der Waals surface area contributed by atoms with E-state index in [9.17, 15) is 46.0 Å². The molecule has 0 aliphatic carbocycles. The van der Waals surface area contributed by atoms with Gasteiger partial charge in [0.25, 0.3) is 0 Å². The number of phenolic OH excluding ortho intramolecular Hbond substituents is 7. The fourth-order valence-corrected chi connectivity index (χ4v) is 6.09. The van der Waals surface area contributed by atoms with Crippen LogP contribution in [0.15, 0.2) is 54.6 Å². The first kappa shape index (κ1) is 25.7. The number of aliphatic hydroxyl groups excluding tert-OH is 2. The zero-order valence-electron chi connectivity index (χ0n) is 21.5. The lowest BCUT2D eigenvalue weighted by atomic mass is 9.74. The Kier molecular flexibility index (Phi) is 5.30. The van der Waals surface area contributed by atoms with Gasteiger partial charge in [0.15, 0.2) is 23.0 Å². The number of benzene rings is 4. The van der Waals surface area contributed by atoms with E-state index in [0.29, 0.717) is 5.56 Å². The quantitative estimate of drug-likeness (QED) is 0.158. The number of rotatable bonds is 2. The third-order valence-electron chi connectivity index (χ3n) is 8.03. The molecule has 0 aromatic heterocycles. The highest BCUT2D eigenvalue weighted by Gasteiger charge is 2.60. The zero-order chi connectivity index (χ0) is 29.7. The van der Waals surface area contributed by atoms with E-state index in [2.05, 4.69) is 0 Å². The molecule has 9 N–H and O–H groups in total. The summed E-state index contributed by atoms with van der Waals surface area (Å²) in [7, 11) is 0. The minimum atomic E-state index is -2.09. The van der Waals surface area contributed by atoms with Crippen molar-refractivity contribution >= 4 is 0 Å². The van der Waals surface area contributed by atoms with Crippen molar-refractivity contribution in [1.82, 2.24) is 0 Å². The second-order valence-corrected chi connectivity index (χ2v) is 10.5. The van der Waals surface area contributed by atoms with Crippen LogP contribution in [0.1, 0.15) is 39.8 Å². The molecule has 0 saturated carbocycles. The lowest BCUT2D eigenvalue weighted by Gasteiger charge is -2.50. The van der Waals surface area contributed by atoms with E-state index >= 15 is 0 Å². The van der Waals surface area contributed by atoms with Gasteiger partial charge < -0.3 is 60.2 Å². The molecule has 3 aliphatic heterocycles. The van der Waals surface area contributed by atoms with Crippen LogP contribution in [0.5, 0.6) is 57.5 Å². The Labute approximate surface area is 236 Å². The largest absolute Gasteiger partial charge is 0.508 e. The van der Waals surface area contributed by atoms with Crippen molar-refractivity contribution in [3.63, 3.8) is 0 Å². The van der Waals surface area contributed by atoms with Crippen molar-refractivity contribution in [3.8, 4) is 57.5 Å². The second kappa shape index (κ2) is 8.65. The van der Waals surface area contributed by atoms with Crippen molar-refractivity contribution in [1.29, 1.82) is 0 Å².